The first-order valence-electron chi connectivity index (χ1n) is 3.99. The van der Waals surface area contributed by atoms with Crippen LogP contribution >= 0.6 is 15.9 Å². The molecule has 0 aromatic heterocycles. The first-order valence-corrected chi connectivity index (χ1v) is 6.76. The molecule has 1 atom stereocenters. The molecule has 0 amide bonds. The van der Waals surface area contributed by atoms with Crippen molar-refractivity contribution >= 4 is 25.8 Å². The lowest BCUT2D eigenvalue weighted by molar-refractivity contribution is 0.549. The van der Waals surface area contributed by atoms with Gasteiger partial charge in [-0.05, 0) is 26.7 Å². The Morgan fingerprint density at radius 1 is 1.33 bits per heavy atom. The van der Waals surface area contributed by atoms with Crippen LogP contribution in [0.15, 0.2) is 0 Å². The van der Waals surface area contributed by atoms with Crippen molar-refractivity contribution in [3.05, 3.63) is 0 Å². The minimum Gasteiger partial charge on any atom is -0.228 e. The quantitative estimate of drug-likeness (QED) is 0.726. The summed E-state index contributed by atoms with van der Waals surface area (Å²) < 4.78 is 22.6. The van der Waals surface area contributed by atoms with Crippen LogP contribution in [0.1, 0.15) is 27.7 Å². The van der Waals surface area contributed by atoms with Gasteiger partial charge in [0.05, 0.1) is 10.5 Å². The lowest BCUT2D eigenvalue weighted by Gasteiger charge is -2.20. The summed E-state index contributed by atoms with van der Waals surface area (Å²) in [4.78, 5) is 0. The summed E-state index contributed by atoms with van der Waals surface area (Å²) in [7, 11) is -2.94. The molecule has 4 heteroatoms. The van der Waals surface area contributed by atoms with E-state index in [1.807, 2.05) is 6.92 Å². The largest absolute Gasteiger partial charge is 0.228 e. The van der Waals surface area contributed by atoms with E-state index in [0.717, 1.165) is 5.33 Å². The van der Waals surface area contributed by atoms with Gasteiger partial charge in [-0.25, -0.2) is 8.42 Å². The highest BCUT2D eigenvalue weighted by Crippen LogP contribution is 2.19. The first-order chi connectivity index (χ1) is 5.20. The van der Waals surface area contributed by atoms with E-state index in [0.29, 0.717) is 0 Å². The molecule has 12 heavy (non-hydrogen) atoms. The number of halogens is 1. The van der Waals surface area contributed by atoms with Gasteiger partial charge in [0.1, 0.15) is 0 Å². The van der Waals surface area contributed by atoms with E-state index in [1.54, 1.807) is 20.8 Å². The van der Waals surface area contributed by atoms with Crippen molar-refractivity contribution in [2.75, 3.05) is 11.1 Å². The van der Waals surface area contributed by atoms with E-state index in [9.17, 15) is 8.42 Å². The Morgan fingerprint density at radius 3 is 2.00 bits per heavy atom. The molecule has 0 aromatic rings. The van der Waals surface area contributed by atoms with E-state index in [4.69, 9.17) is 0 Å². The van der Waals surface area contributed by atoms with Crippen molar-refractivity contribution in [3.63, 3.8) is 0 Å². The van der Waals surface area contributed by atoms with Crippen LogP contribution in [0.4, 0.5) is 0 Å². The smallest absolute Gasteiger partial charge is 0.155 e. The normalized spacial score (nSPS) is 16.1. The first kappa shape index (κ1) is 12.4. The fraction of sp³-hybridized carbons (Fsp3) is 1.00. The van der Waals surface area contributed by atoms with Crippen LogP contribution in [0.5, 0.6) is 0 Å². The van der Waals surface area contributed by atoms with Gasteiger partial charge < -0.3 is 0 Å². The van der Waals surface area contributed by atoms with Crippen LogP contribution in [0.25, 0.3) is 0 Å². The van der Waals surface area contributed by atoms with Crippen LogP contribution in [-0.4, -0.2) is 24.2 Å². The predicted molar refractivity (Wildman–Crippen MR) is 56.5 cm³/mol. The molecule has 0 spiro atoms. The Bertz CT molecular complexity index is 226. The lowest BCUT2D eigenvalue weighted by atomic mass is 10.2. The molecule has 0 rings (SSSR count). The molecule has 0 aromatic carbocycles. The van der Waals surface area contributed by atoms with Gasteiger partial charge in [0.25, 0.3) is 0 Å². The third-order valence-corrected chi connectivity index (χ3v) is 5.68. The van der Waals surface area contributed by atoms with Gasteiger partial charge in [-0.3, -0.25) is 0 Å². The molecule has 2 nitrogen and oxygen atoms in total. The fourth-order valence-corrected chi connectivity index (χ4v) is 2.57. The van der Waals surface area contributed by atoms with Gasteiger partial charge in [0.2, 0.25) is 0 Å². The van der Waals surface area contributed by atoms with Crippen molar-refractivity contribution in [1.29, 1.82) is 0 Å². The van der Waals surface area contributed by atoms with E-state index < -0.39 is 14.6 Å². The number of rotatable bonds is 3. The summed E-state index contributed by atoms with van der Waals surface area (Å²) >= 11 is 3.27. The molecule has 0 fully saturated rings. The minimum absolute atomic E-state index is 0.189. The zero-order valence-electron chi connectivity index (χ0n) is 8.09. The average Bonchev–Trinajstić information content (AvgIpc) is 1.84. The van der Waals surface area contributed by atoms with Crippen molar-refractivity contribution in [2.45, 2.75) is 32.4 Å². The van der Waals surface area contributed by atoms with E-state index in [-0.39, 0.29) is 11.7 Å². The van der Waals surface area contributed by atoms with Crippen LogP contribution in [0, 0.1) is 5.92 Å². The number of sulfone groups is 1. The summed E-state index contributed by atoms with van der Waals surface area (Å²) in [5.74, 6) is 0.455. The van der Waals surface area contributed by atoms with Gasteiger partial charge >= 0.3 is 0 Å². The van der Waals surface area contributed by atoms with Crippen molar-refractivity contribution in [3.8, 4) is 0 Å². The standard InChI is InChI=1S/C8H17BrO2S/c1-7(5-9)6-12(10,11)8(2,3)4/h7H,5-6H2,1-4H3. The summed E-state index contributed by atoms with van der Waals surface area (Å²) in [6.45, 7) is 7.15. The van der Waals surface area contributed by atoms with Gasteiger partial charge in [-0.1, -0.05) is 22.9 Å². The number of hydrogen-bond acceptors (Lipinski definition) is 2. The second-order valence-electron chi connectivity index (χ2n) is 4.15. The van der Waals surface area contributed by atoms with Gasteiger partial charge in [0, 0.05) is 5.33 Å². The molecular weight excluding hydrogens is 240 g/mol. The monoisotopic (exact) mass is 256 g/mol. The predicted octanol–water partition coefficient (Wildman–Crippen LogP) is 2.23. The molecule has 0 saturated carbocycles. The highest BCUT2D eigenvalue weighted by Gasteiger charge is 2.29. The van der Waals surface area contributed by atoms with Gasteiger partial charge in [-0.2, -0.15) is 0 Å². The highest BCUT2D eigenvalue weighted by molar-refractivity contribution is 9.09. The molecular formula is C8H17BrO2S. The van der Waals surface area contributed by atoms with E-state index in [1.165, 1.54) is 0 Å². The van der Waals surface area contributed by atoms with Crippen molar-refractivity contribution in [2.24, 2.45) is 5.92 Å². The maximum absolute atomic E-state index is 11.6. The summed E-state index contributed by atoms with van der Waals surface area (Å²) in [5.41, 5.74) is 0. The zero-order valence-corrected chi connectivity index (χ0v) is 10.5. The zero-order chi connectivity index (χ0) is 9.99. The molecule has 0 bridgehead atoms. The van der Waals surface area contributed by atoms with Crippen molar-refractivity contribution in [1.82, 2.24) is 0 Å². The second kappa shape index (κ2) is 4.09. The Morgan fingerprint density at radius 2 is 1.75 bits per heavy atom. The Labute approximate surface area is 83.8 Å². The summed E-state index contributed by atoms with van der Waals surface area (Å²) in [6, 6.07) is 0. The number of hydrogen-bond donors (Lipinski definition) is 0. The highest BCUT2D eigenvalue weighted by atomic mass is 79.9. The summed E-state index contributed by atoms with van der Waals surface area (Å²) in [6.07, 6.45) is 0. The van der Waals surface area contributed by atoms with Gasteiger partial charge in [-0.15, -0.1) is 0 Å². The summed E-state index contributed by atoms with van der Waals surface area (Å²) in [5, 5.41) is 0.738. The fourth-order valence-electron chi connectivity index (χ4n) is 0.669. The molecule has 0 N–H and O–H groups in total. The third kappa shape index (κ3) is 3.44. The van der Waals surface area contributed by atoms with Crippen LogP contribution in [0.2, 0.25) is 0 Å². The molecule has 0 aliphatic carbocycles. The Kier molecular flexibility index (Phi) is 4.24. The van der Waals surface area contributed by atoms with E-state index in [2.05, 4.69) is 15.9 Å². The SMILES string of the molecule is CC(CBr)CS(=O)(=O)C(C)(C)C. The maximum Gasteiger partial charge on any atom is 0.155 e. The van der Waals surface area contributed by atoms with E-state index >= 15 is 0 Å². The van der Waals surface area contributed by atoms with Crippen LogP contribution < -0.4 is 0 Å². The molecule has 0 saturated heterocycles. The maximum atomic E-state index is 11.6. The Balaban J connectivity index is 4.46. The molecule has 1 unspecified atom stereocenters. The minimum atomic E-state index is -2.94. The molecule has 0 aliphatic heterocycles. The Hall–Kier alpha value is 0.430. The van der Waals surface area contributed by atoms with Crippen molar-refractivity contribution < 1.29 is 8.42 Å². The lowest BCUT2D eigenvalue weighted by Crippen LogP contribution is -2.32. The molecule has 0 aliphatic rings. The topological polar surface area (TPSA) is 34.1 Å². The van der Waals surface area contributed by atoms with Gasteiger partial charge in [0.15, 0.2) is 9.84 Å². The average molecular weight is 257 g/mol. The second-order valence-corrected chi connectivity index (χ2v) is 7.59. The molecule has 0 radical (unpaired) electrons. The van der Waals surface area contributed by atoms with Crippen LogP contribution in [-0.2, 0) is 9.84 Å². The third-order valence-electron chi connectivity index (χ3n) is 1.70. The molecule has 74 valence electrons. The van der Waals surface area contributed by atoms with Crippen LogP contribution in [0.3, 0.4) is 0 Å². The molecule has 0 heterocycles. The number of alkyl halides is 1.